The average Bonchev–Trinajstić information content (AvgIpc) is 3.24. The molecule has 1 aliphatic rings. The number of carbonyl (C=O) groups is 2. The second kappa shape index (κ2) is 10.3. The van der Waals surface area contributed by atoms with E-state index >= 15 is 0 Å². The number of amides is 1. The molecule has 2 atom stereocenters. The molecule has 3 aromatic rings. The summed E-state index contributed by atoms with van der Waals surface area (Å²) in [7, 11) is 1.34. The molecule has 0 unspecified atom stereocenters. The molecule has 0 bridgehead atoms. The molecule has 0 spiro atoms. The zero-order valence-electron chi connectivity index (χ0n) is 20.5. The summed E-state index contributed by atoms with van der Waals surface area (Å²) in [4.78, 5) is 26.3. The molecule has 184 valence electrons. The average molecular weight is 478 g/mol. The van der Waals surface area contributed by atoms with E-state index in [1.807, 2.05) is 57.2 Å². The largest absolute Gasteiger partial charge is 0.491 e. The second-order valence-electron chi connectivity index (χ2n) is 9.60. The quantitative estimate of drug-likeness (QED) is 0.439. The van der Waals surface area contributed by atoms with Crippen LogP contribution in [0, 0.1) is 0 Å². The predicted molar refractivity (Wildman–Crippen MR) is 133 cm³/mol. The van der Waals surface area contributed by atoms with Gasteiger partial charge in [0, 0.05) is 6.42 Å². The molecule has 1 heterocycles. The van der Waals surface area contributed by atoms with Crippen LogP contribution in [0.4, 0.5) is 4.79 Å². The van der Waals surface area contributed by atoms with E-state index in [1.54, 1.807) is 29.2 Å². The molecular weight excluding hydrogens is 446 g/mol. The van der Waals surface area contributed by atoms with E-state index in [1.165, 1.54) is 7.11 Å². The highest BCUT2D eigenvalue weighted by atomic mass is 16.6. The summed E-state index contributed by atoms with van der Waals surface area (Å²) in [6.07, 6.45) is 0.0162. The van der Waals surface area contributed by atoms with Gasteiger partial charge in [0.05, 0.1) is 25.3 Å². The van der Waals surface area contributed by atoms with Crippen molar-refractivity contribution in [2.24, 2.45) is 0 Å². The second-order valence-corrected chi connectivity index (χ2v) is 9.60. The summed E-state index contributed by atoms with van der Waals surface area (Å²) in [5.41, 5.74) is -0.163. The van der Waals surface area contributed by atoms with Crippen LogP contribution in [0.5, 0.6) is 11.5 Å². The molecule has 7 nitrogen and oxygen atoms in total. The topological polar surface area (TPSA) is 74.3 Å². The first-order valence-electron chi connectivity index (χ1n) is 11.7. The zero-order chi connectivity index (χ0) is 25.0. The van der Waals surface area contributed by atoms with E-state index in [0.29, 0.717) is 24.3 Å². The Kier molecular flexibility index (Phi) is 7.15. The Morgan fingerprint density at radius 3 is 2.31 bits per heavy atom. The molecule has 7 heteroatoms. The van der Waals surface area contributed by atoms with Gasteiger partial charge in [-0.15, -0.1) is 0 Å². The maximum absolute atomic E-state index is 12.9. The fourth-order valence-corrected chi connectivity index (χ4v) is 4.09. The maximum atomic E-state index is 12.9. The van der Waals surface area contributed by atoms with Crippen molar-refractivity contribution in [3.8, 4) is 11.5 Å². The first-order valence-corrected chi connectivity index (χ1v) is 11.7. The molecule has 1 fully saturated rings. The lowest BCUT2D eigenvalue weighted by Crippen LogP contribution is -2.42. The van der Waals surface area contributed by atoms with Crippen LogP contribution in [0.25, 0.3) is 10.8 Å². The molecule has 4 rings (SSSR count). The van der Waals surface area contributed by atoms with Gasteiger partial charge in [-0.1, -0.05) is 30.3 Å². The van der Waals surface area contributed by atoms with Gasteiger partial charge < -0.3 is 18.9 Å². The maximum Gasteiger partial charge on any atom is 0.410 e. The third-order valence-electron chi connectivity index (χ3n) is 5.75. The van der Waals surface area contributed by atoms with Crippen molar-refractivity contribution in [2.75, 3.05) is 20.3 Å². The Hall–Kier alpha value is -3.74. The fraction of sp³-hybridized carbons (Fsp3) is 0.357. The molecule has 0 radical (unpaired) electrons. The van der Waals surface area contributed by atoms with E-state index < -0.39 is 17.7 Å². The van der Waals surface area contributed by atoms with Crippen molar-refractivity contribution >= 4 is 22.8 Å². The number of fused-ring (bicyclic) bond motifs is 1. The summed E-state index contributed by atoms with van der Waals surface area (Å²) >= 11 is 0. The molecule has 0 saturated carbocycles. The van der Waals surface area contributed by atoms with Crippen LogP contribution >= 0.6 is 0 Å². The molecule has 1 aliphatic heterocycles. The molecule has 35 heavy (non-hydrogen) atoms. The minimum absolute atomic E-state index is 0.195. The van der Waals surface area contributed by atoms with Gasteiger partial charge >= 0.3 is 12.1 Å². The standard InChI is InChI=1S/C28H31NO6/c1-28(2,3)35-27(31)29-17-25(34-24-14-9-19-7-5-6-8-21(19)15-24)16-22(29)18-33-23-12-10-20(11-13-23)26(30)32-4/h5-15,22,25H,16-18H2,1-4H3/t22-,25-/m0/s1. The Labute approximate surface area is 205 Å². The predicted octanol–water partition coefficient (Wildman–Crippen LogP) is 5.46. The SMILES string of the molecule is COC(=O)c1ccc(OC[C@@H]2C[C@H](Oc3ccc4ccccc4c3)CN2C(=O)OC(C)(C)C)cc1. The molecule has 0 N–H and O–H groups in total. The van der Waals surface area contributed by atoms with Crippen molar-refractivity contribution in [1.29, 1.82) is 0 Å². The highest BCUT2D eigenvalue weighted by molar-refractivity contribution is 5.89. The number of carbonyl (C=O) groups excluding carboxylic acids is 2. The van der Waals surface area contributed by atoms with Gasteiger partial charge in [-0.25, -0.2) is 9.59 Å². The molecule has 0 aliphatic carbocycles. The van der Waals surface area contributed by atoms with E-state index in [2.05, 4.69) is 6.07 Å². The number of hydrogen-bond acceptors (Lipinski definition) is 6. The third-order valence-corrected chi connectivity index (χ3v) is 5.75. The number of nitrogens with zero attached hydrogens (tertiary/aromatic N) is 1. The van der Waals surface area contributed by atoms with Crippen LogP contribution in [-0.4, -0.2) is 55.0 Å². The van der Waals surface area contributed by atoms with E-state index in [4.69, 9.17) is 18.9 Å². The first-order chi connectivity index (χ1) is 16.7. The highest BCUT2D eigenvalue weighted by Crippen LogP contribution is 2.28. The van der Waals surface area contributed by atoms with Gasteiger partial charge in [-0.2, -0.15) is 0 Å². The smallest absolute Gasteiger partial charge is 0.410 e. The zero-order valence-corrected chi connectivity index (χ0v) is 20.5. The Balaban J connectivity index is 1.45. The summed E-state index contributed by atoms with van der Waals surface area (Å²) in [5, 5.41) is 2.24. The van der Waals surface area contributed by atoms with E-state index in [9.17, 15) is 9.59 Å². The lowest BCUT2D eigenvalue weighted by Gasteiger charge is -2.28. The normalized spacial score (nSPS) is 17.8. The summed E-state index contributed by atoms with van der Waals surface area (Å²) in [6, 6.07) is 20.6. The van der Waals surface area contributed by atoms with Gasteiger partial charge in [0.1, 0.15) is 29.8 Å². The minimum Gasteiger partial charge on any atom is -0.491 e. The summed E-state index contributed by atoms with van der Waals surface area (Å²) in [5.74, 6) is 0.954. The van der Waals surface area contributed by atoms with Crippen LogP contribution < -0.4 is 9.47 Å². The van der Waals surface area contributed by atoms with Crippen molar-refractivity contribution < 1.29 is 28.5 Å². The van der Waals surface area contributed by atoms with Crippen LogP contribution in [0.1, 0.15) is 37.6 Å². The van der Waals surface area contributed by atoms with E-state index in [-0.39, 0.29) is 18.8 Å². The van der Waals surface area contributed by atoms with E-state index in [0.717, 1.165) is 16.5 Å². The molecule has 0 aromatic heterocycles. The lowest BCUT2D eigenvalue weighted by molar-refractivity contribution is 0.0176. The van der Waals surface area contributed by atoms with Crippen LogP contribution in [0.2, 0.25) is 0 Å². The van der Waals surface area contributed by atoms with Gasteiger partial charge in [0.15, 0.2) is 0 Å². The number of esters is 1. The van der Waals surface area contributed by atoms with Gasteiger partial charge in [0.25, 0.3) is 0 Å². The van der Waals surface area contributed by atoms with Crippen LogP contribution in [0.3, 0.4) is 0 Å². The van der Waals surface area contributed by atoms with Crippen molar-refractivity contribution in [3.05, 3.63) is 72.3 Å². The Morgan fingerprint density at radius 1 is 0.943 bits per heavy atom. The molecule has 1 amide bonds. The number of benzene rings is 3. The van der Waals surface area contributed by atoms with Crippen LogP contribution in [-0.2, 0) is 9.47 Å². The molecule has 1 saturated heterocycles. The molecule has 3 aromatic carbocycles. The minimum atomic E-state index is -0.608. The van der Waals surface area contributed by atoms with Crippen molar-refractivity contribution in [3.63, 3.8) is 0 Å². The highest BCUT2D eigenvalue weighted by Gasteiger charge is 2.39. The van der Waals surface area contributed by atoms with Crippen molar-refractivity contribution in [1.82, 2.24) is 4.90 Å². The number of methoxy groups -OCH3 is 1. The number of rotatable bonds is 6. The first kappa shape index (κ1) is 24.4. The lowest BCUT2D eigenvalue weighted by atomic mass is 10.1. The molecular formula is C28H31NO6. The third kappa shape index (κ3) is 6.23. The summed E-state index contributed by atoms with van der Waals surface area (Å²) in [6.45, 7) is 6.21. The van der Waals surface area contributed by atoms with Gasteiger partial charge in [-0.05, 0) is 67.9 Å². The fourth-order valence-electron chi connectivity index (χ4n) is 4.09. The Bertz CT molecular complexity index is 1180. The van der Waals surface area contributed by atoms with Gasteiger partial charge in [0.2, 0.25) is 0 Å². The van der Waals surface area contributed by atoms with Gasteiger partial charge in [-0.3, -0.25) is 4.90 Å². The Morgan fingerprint density at radius 2 is 1.63 bits per heavy atom. The van der Waals surface area contributed by atoms with Crippen LogP contribution in [0.15, 0.2) is 66.7 Å². The number of likely N-dealkylation sites (tertiary alicyclic amines) is 1. The number of hydrogen-bond donors (Lipinski definition) is 0. The summed E-state index contributed by atoms with van der Waals surface area (Å²) < 4.78 is 22.6. The monoisotopic (exact) mass is 477 g/mol. The number of ether oxygens (including phenoxy) is 4. The van der Waals surface area contributed by atoms with Crippen molar-refractivity contribution in [2.45, 2.75) is 44.9 Å².